The van der Waals surface area contributed by atoms with Gasteiger partial charge in [-0.2, -0.15) is 16.9 Å². The Bertz CT molecular complexity index is 394. The second kappa shape index (κ2) is 8.84. The molecule has 21 heavy (non-hydrogen) atoms. The van der Waals surface area contributed by atoms with Gasteiger partial charge in [0.1, 0.15) is 0 Å². The van der Waals surface area contributed by atoms with Gasteiger partial charge in [-0.25, -0.2) is 0 Å². The van der Waals surface area contributed by atoms with Crippen molar-refractivity contribution < 1.29 is 0 Å². The zero-order chi connectivity index (χ0) is 15.1. The van der Waals surface area contributed by atoms with Crippen LogP contribution < -0.4 is 5.32 Å². The summed E-state index contributed by atoms with van der Waals surface area (Å²) < 4.78 is 2.17. The number of nitrogens with one attached hydrogen (secondary N) is 1. The minimum absolute atomic E-state index is 0.558. The highest BCUT2D eigenvalue weighted by atomic mass is 32.2. The SMILES string of the molecule is CCC(CC)n1ccc(CC(CC2CCSCC2)NC)n1. The molecule has 0 amide bonds. The fraction of sp³-hybridized carbons (Fsp3) is 0.824. The number of thioether (sulfide) groups is 1. The van der Waals surface area contributed by atoms with Crippen molar-refractivity contribution in [2.75, 3.05) is 18.6 Å². The van der Waals surface area contributed by atoms with Crippen LogP contribution in [-0.2, 0) is 6.42 Å². The van der Waals surface area contributed by atoms with E-state index >= 15 is 0 Å². The van der Waals surface area contributed by atoms with Gasteiger partial charge in [0.15, 0.2) is 0 Å². The average molecular weight is 310 g/mol. The van der Waals surface area contributed by atoms with Crippen molar-refractivity contribution >= 4 is 11.8 Å². The molecule has 4 heteroatoms. The molecule has 1 atom stereocenters. The smallest absolute Gasteiger partial charge is 0.0640 e. The Hall–Kier alpha value is -0.480. The molecule has 0 bridgehead atoms. The molecule has 0 radical (unpaired) electrons. The van der Waals surface area contributed by atoms with Gasteiger partial charge in [-0.05, 0) is 62.6 Å². The number of hydrogen-bond donors (Lipinski definition) is 1. The lowest BCUT2D eigenvalue weighted by Crippen LogP contribution is -2.31. The molecule has 0 saturated carbocycles. The van der Waals surface area contributed by atoms with Gasteiger partial charge in [0.05, 0.1) is 11.7 Å². The molecule has 0 spiro atoms. The summed E-state index contributed by atoms with van der Waals surface area (Å²) in [4.78, 5) is 0. The van der Waals surface area contributed by atoms with Crippen LogP contribution in [-0.4, -0.2) is 34.4 Å². The summed E-state index contributed by atoms with van der Waals surface area (Å²) in [6, 6.07) is 3.34. The first-order valence-corrected chi connectivity index (χ1v) is 9.71. The van der Waals surface area contributed by atoms with Crippen LogP contribution in [0, 0.1) is 5.92 Å². The normalized spacial score (nSPS) is 18.3. The van der Waals surface area contributed by atoms with E-state index in [1.54, 1.807) is 0 Å². The molecule has 1 aromatic heterocycles. The van der Waals surface area contributed by atoms with E-state index in [0.717, 1.165) is 25.2 Å². The van der Waals surface area contributed by atoms with Gasteiger partial charge in [-0.1, -0.05) is 13.8 Å². The number of likely N-dealkylation sites (N-methyl/N-ethyl adjacent to an activating group) is 1. The van der Waals surface area contributed by atoms with Crippen molar-refractivity contribution in [3.8, 4) is 0 Å². The first-order chi connectivity index (χ1) is 10.3. The molecule has 1 fully saturated rings. The molecular formula is C17H31N3S. The fourth-order valence-corrected chi connectivity index (χ4v) is 4.50. The quantitative estimate of drug-likeness (QED) is 0.789. The molecule has 1 aliphatic rings. The van der Waals surface area contributed by atoms with Gasteiger partial charge in [-0.3, -0.25) is 4.68 Å². The van der Waals surface area contributed by atoms with E-state index in [1.807, 2.05) is 0 Å². The van der Waals surface area contributed by atoms with Crippen molar-refractivity contribution in [1.29, 1.82) is 0 Å². The van der Waals surface area contributed by atoms with Crippen LogP contribution in [0.4, 0.5) is 0 Å². The van der Waals surface area contributed by atoms with Crippen LogP contribution in [0.5, 0.6) is 0 Å². The van der Waals surface area contributed by atoms with Gasteiger partial charge >= 0.3 is 0 Å². The summed E-state index contributed by atoms with van der Waals surface area (Å²) in [7, 11) is 2.10. The third kappa shape index (κ3) is 5.03. The zero-order valence-corrected chi connectivity index (χ0v) is 14.7. The van der Waals surface area contributed by atoms with Crippen LogP contribution in [0.25, 0.3) is 0 Å². The highest BCUT2D eigenvalue weighted by Gasteiger charge is 2.19. The molecule has 0 aliphatic carbocycles. The molecular weight excluding hydrogens is 278 g/mol. The topological polar surface area (TPSA) is 29.9 Å². The van der Waals surface area contributed by atoms with Crippen LogP contribution in [0.1, 0.15) is 57.7 Å². The van der Waals surface area contributed by atoms with Crippen LogP contribution in [0.3, 0.4) is 0 Å². The lowest BCUT2D eigenvalue weighted by Gasteiger charge is -2.25. The van der Waals surface area contributed by atoms with Crippen LogP contribution in [0.2, 0.25) is 0 Å². The van der Waals surface area contributed by atoms with E-state index in [-0.39, 0.29) is 0 Å². The maximum absolute atomic E-state index is 4.81. The molecule has 0 aromatic carbocycles. The van der Waals surface area contributed by atoms with Crippen LogP contribution >= 0.6 is 11.8 Å². The van der Waals surface area contributed by atoms with Crippen molar-refractivity contribution in [1.82, 2.24) is 15.1 Å². The van der Waals surface area contributed by atoms with E-state index in [4.69, 9.17) is 5.10 Å². The lowest BCUT2D eigenvalue weighted by atomic mass is 9.92. The highest BCUT2D eigenvalue weighted by molar-refractivity contribution is 7.99. The minimum atomic E-state index is 0.558. The zero-order valence-electron chi connectivity index (χ0n) is 13.8. The molecule has 1 unspecified atom stereocenters. The Morgan fingerprint density at radius 1 is 1.33 bits per heavy atom. The fourth-order valence-electron chi connectivity index (χ4n) is 3.29. The summed E-state index contributed by atoms with van der Waals surface area (Å²) >= 11 is 2.11. The van der Waals surface area contributed by atoms with E-state index in [1.165, 1.54) is 36.5 Å². The summed E-state index contributed by atoms with van der Waals surface area (Å²) in [5, 5.41) is 8.31. The van der Waals surface area contributed by atoms with Crippen molar-refractivity contribution in [2.24, 2.45) is 5.92 Å². The first-order valence-electron chi connectivity index (χ1n) is 8.55. The molecule has 1 aromatic rings. The minimum Gasteiger partial charge on any atom is -0.317 e. The molecule has 2 rings (SSSR count). The van der Waals surface area contributed by atoms with Gasteiger partial charge in [-0.15, -0.1) is 0 Å². The third-order valence-electron chi connectivity index (χ3n) is 4.80. The molecule has 2 heterocycles. The van der Waals surface area contributed by atoms with Gasteiger partial charge in [0.2, 0.25) is 0 Å². The Morgan fingerprint density at radius 3 is 2.67 bits per heavy atom. The van der Waals surface area contributed by atoms with Gasteiger partial charge < -0.3 is 5.32 Å². The summed E-state index contributed by atoms with van der Waals surface area (Å²) in [5.74, 6) is 3.61. The van der Waals surface area contributed by atoms with E-state index in [2.05, 4.69) is 54.9 Å². The highest BCUT2D eigenvalue weighted by Crippen LogP contribution is 2.27. The molecule has 1 saturated heterocycles. The Kier molecular flexibility index (Phi) is 7.11. The van der Waals surface area contributed by atoms with E-state index < -0.39 is 0 Å². The van der Waals surface area contributed by atoms with E-state index in [9.17, 15) is 0 Å². The second-order valence-electron chi connectivity index (χ2n) is 6.24. The predicted molar refractivity (Wildman–Crippen MR) is 93.1 cm³/mol. The molecule has 1 N–H and O–H groups in total. The maximum atomic E-state index is 4.81. The monoisotopic (exact) mass is 309 g/mol. The second-order valence-corrected chi connectivity index (χ2v) is 7.46. The molecule has 120 valence electrons. The number of hydrogen-bond acceptors (Lipinski definition) is 3. The van der Waals surface area contributed by atoms with Crippen molar-refractivity contribution in [2.45, 2.75) is 64.5 Å². The number of aromatic nitrogens is 2. The maximum Gasteiger partial charge on any atom is 0.0640 e. The Labute approximate surface area is 134 Å². The third-order valence-corrected chi connectivity index (χ3v) is 5.85. The number of rotatable bonds is 8. The largest absolute Gasteiger partial charge is 0.317 e. The van der Waals surface area contributed by atoms with Gasteiger partial charge in [0, 0.05) is 18.7 Å². The Balaban J connectivity index is 1.88. The van der Waals surface area contributed by atoms with Crippen molar-refractivity contribution in [3.05, 3.63) is 18.0 Å². The average Bonchev–Trinajstić information content (AvgIpc) is 2.97. The molecule has 3 nitrogen and oxygen atoms in total. The van der Waals surface area contributed by atoms with Gasteiger partial charge in [0.25, 0.3) is 0 Å². The predicted octanol–water partition coefficient (Wildman–Crippen LogP) is 3.91. The summed E-state index contributed by atoms with van der Waals surface area (Å²) in [6.45, 7) is 4.49. The lowest BCUT2D eigenvalue weighted by molar-refractivity contribution is 0.371. The number of nitrogens with zero attached hydrogens (tertiary/aromatic N) is 2. The van der Waals surface area contributed by atoms with Crippen LogP contribution in [0.15, 0.2) is 12.3 Å². The first kappa shape index (κ1) is 16.9. The summed E-state index contributed by atoms with van der Waals surface area (Å²) in [6.07, 6.45) is 9.63. The summed E-state index contributed by atoms with van der Waals surface area (Å²) in [5.41, 5.74) is 1.24. The van der Waals surface area contributed by atoms with Crippen molar-refractivity contribution in [3.63, 3.8) is 0 Å². The van der Waals surface area contributed by atoms with E-state index in [0.29, 0.717) is 12.1 Å². The Morgan fingerprint density at radius 2 is 2.05 bits per heavy atom. The molecule has 1 aliphatic heterocycles. The standard InChI is InChI=1S/C17H31N3S/c1-4-17(5-2)20-9-6-15(19-20)13-16(18-3)12-14-7-10-21-11-8-14/h6,9,14,16-18H,4-5,7-8,10-13H2,1-3H3.